The molecule has 1 fully saturated rings. The van der Waals surface area contributed by atoms with Gasteiger partial charge in [0.05, 0.1) is 16.1 Å². The van der Waals surface area contributed by atoms with Crippen LogP contribution in [-0.4, -0.2) is 51.1 Å². The number of amides is 1. The minimum atomic E-state index is -0.479. The molecule has 1 aliphatic rings. The van der Waals surface area contributed by atoms with E-state index in [0.717, 1.165) is 10.3 Å². The van der Waals surface area contributed by atoms with Crippen LogP contribution in [0.1, 0.15) is 10.5 Å². The van der Waals surface area contributed by atoms with Gasteiger partial charge in [-0.2, -0.15) is 0 Å². The lowest BCUT2D eigenvalue weighted by Crippen LogP contribution is -2.49. The second kappa shape index (κ2) is 7.36. The molecule has 0 N–H and O–H groups in total. The number of carbonyl (C=O) groups excluding carboxylic acids is 1. The van der Waals surface area contributed by atoms with Crippen molar-refractivity contribution in [3.8, 4) is 0 Å². The Kier molecular flexibility index (Phi) is 4.87. The summed E-state index contributed by atoms with van der Waals surface area (Å²) in [6.07, 6.45) is 0. The van der Waals surface area contributed by atoms with Gasteiger partial charge in [0.15, 0.2) is 0 Å². The maximum Gasteiger partial charge on any atom is 0.332 e. The zero-order valence-corrected chi connectivity index (χ0v) is 16.9. The third-order valence-corrected chi connectivity index (χ3v) is 5.60. The van der Waals surface area contributed by atoms with Gasteiger partial charge in [-0.3, -0.25) is 18.7 Å². The first-order chi connectivity index (χ1) is 13.9. The first kappa shape index (κ1) is 19.2. The van der Waals surface area contributed by atoms with Gasteiger partial charge in [0, 0.05) is 40.3 Å². The first-order valence-electron chi connectivity index (χ1n) is 9.24. The van der Waals surface area contributed by atoms with Crippen LogP contribution in [0, 0.1) is 0 Å². The van der Waals surface area contributed by atoms with Gasteiger partial charge in [-0.1, -0.05) is 23.7 Å². The molecule has 1 aromatic carbocycles. The standard InChI is InChI=1S/C20H20ClN5O3/c1-23-17-13(18(27)24(2)20(23)29)7-8-15(22-17)19(28)26-11-9-25(10-12-26)16-6-4-3-5-14(16)21/h3-8H,9-12H2,1-2H3. The Morgan fingerprint density at radius 2 is 1.66 bits per heavy atom. The van der Waals surface area contributed by atoms with Crippen LogP contribution in [0.4, 0.5) is 5.69 Å². The second-order valence-electron chi connectivity index (χ2n) is 7.00. The first-order valence-corrected chi connectivity index (χ1v) is 9.62. The molecule has 9 heteroatoms. The van der Waals surface area contributed by atoms with Crippen LogP contribution < -0.4 is 16.1 Å². The number of rotatable bonds is 2. The predicted octanol–water partition coefficient (Wildman–Crippen LogP) is 1.25. The topological polar surface area (TPSA) is 80.4 Å². The van der Waals surface area contributed by atoms with Gasteiger partial charge < -0.3 is 9.80 Å². The summed E-state index contributed by atoms with van der Waals surface area (Å²) in [4.78, 5) is 45.6. The Hall–Kier alpha value is -3.13. The third-order valence-electron chi connectivity index (χ3n) is 5.28. The van der Waals surface area contributed by atoms with Gasteiger partial charge in [-0.15, -0.1) is 0 Å². The van der Waals surface area contributed by atoms with Crippen molar-refractivity contribution in [3.05, 3.63) is 68.0 Å². The normalized spacial score (nSPS) is 14.4. The number of fused-ring (bicyclic) bond motifs is 1. The van der Waals surface area contributed by atoms with Crippen molar-refractivity contribution in [1.29, 1.82) is 0 Å². The number of halogens is 1. The van der Waals surface area contributed by atoms with Crippen LogP contribution >= 0.6 is 11.6 Å². The van der Waals surface area contributed by atoms with E-state index >= 15 is 0 Å². The molecule has 150 valence electrons. The molecule has 29 heavy (non-hydrogen) atoms. The molecule has 8 nitrogen and oxygen atoms in total. The molecule has 1 aliphatic heterocycles. The van der Waals surface area contributed by atoms with E-state index in [4.69, 9.17) is 11.6 Å². The molecule has 0 aliphatic carbocycles. The Labute approximate surface area is 171 Å². The van der Waals surface area contributed by atoms with Crippen molar-refractivity contribution >= 4 is 34.2 Å². The summed E-state index contributed by atoms with van der Waals surface area (Å²) in [5, 5.41) is 0.987. The SMILES string of the molecule is Cn1c(=O)c2ccc(C(=O)N3CCN(c4ccccc4Cl)CC3)nc2n(C)c1=O. The maximum atomic E-state index is 12.9. The van der Waals surface area contributed by atoms with Gasteiger partial charge in [0.25, 0.3) is 11.5 Å². The van der Waals surface area contributed by atoms with Gasteiger partial charge in [-0.25, -0.2) is 9.78 Å². The number of nitrogens with zero attached hydrogens (tertiary/aromatic N) is 5. The summed E-state index contributed by atoms with van der Waals surface area (Å²) < 4.78 is 2.31. The van der Waals surface area contributed by atoms with E-state index in [1.807, 2.05) is 24.3 Å². The molecule has 4 rings (SSSR count). The summed E-state index contributed by atoms with van der Waals surface area (Å²) >= 11 is 6.27. The molecule has 0 bridgehead atoms. The summed E-state index contributed by atoms with van der Waals surface area (Å²) in [6, 6.07) is 10.7. The number of piperazine rings is 1. The van der Waals surface area contributed by atoms with Crippen molar-refractivity contribution in [1.82, 2.24) is 19.0 Å². The van der Waals surface area contributed by atoms with Crippen LogP contribution in [-0.2, 0) is 14.1 Å². The van der Waals surface area contributed by atoms with Gasteiger partial charge in [0.2, 0.25) is 0 Å². The van der Waals surface area contributed by atoms with Gasteiger partial charge in [-0.05, 0) is 24.3 Å². The molecule has 2 aromatic heterocycles. The Bertz CT molecular complexity index is 1220. The van der Waals surface area contributed by atoms with E-state index < -0.39 is 11.2 Å². The number of aryl methyl sites for hydroxylation is 1. The van der Waals surface area contributed by atoms with E-state index in [1.54, 1.807) is 11.0 Å². The maximum absolute atomic E-state index is 12.9. The average molecular weight is 414 g/mol. The third kappa shape index (κ3) is 3.29. The number of carbonyl (C=O) groups is 1. The molecule has 3 heterocycles. The van der Waals surface area contributed by atoms with Crippen molar-refractivity contribution in [3.63, 3.8) is 0 Å². The minimum Gasteiger partial charge on any atom is -0.367 e. The summed E-state index contributed by atoms with van der Waals surface area (Å²) in [5.41, 5.74) is 0.470. The number of benzene rings is 1. The van der Waals surface area contributed by atoms with Crippen molar-refractivity contribution in [2.24, 2.45) is 14.1 Å². The van der Waals surface area contributed by atoms with Crippen LogP contribution in [0.2, 0.25) is 5.02 Å². The number of anilines is 1. The molecule has 3 aromatic rings. The Balaban J connectivity index is 1.58. The highest BCUT2D eigenvalue weighted by Gasteiger charge is 2.24. The van der Waals surface area contributed by atoms with Crippen molar-refractivity contribution < 1.29 is 4.79 Å². The average Bonchev–Trinajstić information content (AvgIpc) is 2.76. The van der Waals surface area contributed by atoms with Crippen LogP contribution in [0.15, 0.2) is 46.0 Å². The van der Waals surface area contributed by atoms with Gasteiger partial charge in [0.1, 0.15) is 11.3 Å². The number of para-hydroxylation sites is 1. The predicted molar refractivity (Wildman–Crippen MR) is 112 cm³/mol. The largest absolute Gasteiger partial charge is 0.367 e. The lowest BCUT2D eigenvalue weighted by atomic mass is 10.2. The highest BCUT2D eigenvalue weighted by molar-refractivity contribution is 6.33. The lowest BCUT2D eigenvalue weighted by molar-refractivity contribution is 0.0741. The van der Waals surface area contributed by atoms with Crippen molar-refractivity contribution in [2.75, 3.05) is 31.1 Å². The molecular formula is C20H20ClN5O3. The molecule has 0 atom stereocenters. The fourth-order valence-corrected chi connectivity index (χ4v) is 3.85. The summed E-state index contributed by atoms with van der Waals surface area (Å²) in [7, 11) is 2.95. The van der Waals surface area contributed by atoms with Crippen LogP contribution in [0.25, 0.3) is 11.0 Å². The quantitative estimate of drug-likeness (QED) is 0.631. The second-order valence-corrected chi connectivity index (χ2v) is 7.41. The van der Waals surface area contributed by atoms with Crippen molar-refractivity contribution in [2.45, 2.75) is 0 Å². The van der Waals surface area contributed by atoms with Crippen LogP contribution in [0.5, 0.6) is 0 Å². The van der Waals surface area contributed by atoms with E-state index in [9.17, 15) is 14.4 Å². The molecule has 0 unspecified atom stereocenters. The number of hydrogen-bond donors (Lipinski definition) is 0. The lowest BCUT2D eigenvalue weighted by Gasteiger charge is -2.36. The zero-order valence-electron chi connectivity index (χ0n) is 16.1. The van der Waals surface area contributed by atoms with E-state index in [-0.39, 0.29) is 17.2 Å². The molecule has 1 amide bonds. The monoisotopic (exact) mass is 413 g/mol. The fourth-order valence-electron chi connectivity index (χ4n) is 3.59. The molecular weight excluding hydrogens is 394 g/mol. The number of pyridine rings is 1. The Morgan fingerprint density at radius 3 is 2.34 bits per heavy atom. The van der Waals surface area contributed by atoms with Crippen LogP contribution in [0.3, 0.4) is 0 Å². The molecule has 0 spiro atoms. The summed E-state index contributed by atoms with van der Waals surface area (Å²) in [5.74, 6) is -0.223. The zero-order chi connectivity index (χ0) is 20.7. The molecule has 0 radical (unpaired) electrons. The summed E-state index contributed by atoms with van der Waals surface area (Å²) in [6.45, 7) is 2.36. The Morgan fingerprint density at radius 1 is 0.966 bits per heavy atom. The smallest absolute Gasteiger partial charge is 0.332 e. The van der Waals surface area contributed by atoms with Gasteiger partial charge >= 0.3 is 5.69 Å². The number of hydrogen-bond acceptors (Lipinski definition) is 5. The van der Waals surface area contributed by atoms with E-state index in [1.165, 1.54) is 24.7 Å². The van der Waals surface area contributed by atoms with E-state index in [0.29, 0.717) is 36.6 Å². The minimum absolute atomic E-state index is 0.207. The highest BCUT2D eigenvalue weighted by atomic mass is 35.5. The fraction of sp³-hybridized carbons (Fsp3) is 0.300. The highest BCUT2D eigenvalue weighted by Crippen LogP contribution is 2.26. The molecule has 0 saturated carbocycles. The number of aromatic nitrogens is 3. The molecule has 1 saturated heterocycles. The van der Waals surface area contributed by atoms with E-state index in [2.05, 4.69) is 9.88 Å².